The van der Waals surface area contributed by atoms with E-state index in [1.54, 1.807) is 13.1 Å². The van der Waals surface area contributed by atoms with Gasteiger partial charge >= 0.3 is 0 Å². The minimum absolute atomic E-state index is 0.0113. The van der Waals surface area contributed by atoms with Gasteiger partial charge in [-0.05, 0) is 19.1 Å². The van der Waals surface area contributed by atoms with Crippen LogP contribution < -0.4 is 15.4 Å². The SMILES string of the molecule is CNC(=O)C(C)NS(=O)(=O)c1ccc(NC)nc1. The maximum absolute atomic E-state index is 11.9. The van der Waals surface area contributed by atoms with Crippen molar-refractivity contribution in [2.24, 2.45) is 0 Å². The highest BCUT2D eigenvalue weighted by Gasteiger charge is 2.21. The molecule has 1 atom stereocenters. The maximum Gasteiger partial charge on any atom is 0.242 e. The fraction of sp³-hybridized carbons (Fsp3) is 0.400. The van der Waals surface area contributed by atoms with Gasteiger partial charge in [0.2, 0.25) is 15.9 Å². The lowest BCUT2D eigenvalue weighted by Gasteiger charge is -2.12. The van der Waals surface area contributed by atoms with Gasteiger partial charge in [-0.3, -0.25) is 4.79 Å². The molecule has 0 saturated heterocycles. The standard InChI is InChI=1S/C10H16N4O3S/c1-7(10(15)12-3)14-18(16,17)8-4-5-9(11-2)13-6-8/h4-7,14H,1-3H3,(H,11,13)(H,12,15). The number of likely N-dealkylation sites (N-methyl/N-ethyl adjacent to an activating group) is 1. The number of sulfonamides is 1. The van der Waals surface area contributed by atoms with Gasteiger partial charge in [-0.1, -0.05) is 0 Å². The number of nitrogens with zero attached hydrogens (tertiary/aromatic N) is 1. The van der Waals surface area contributed by atoms with Crippen LogP contribution in [0.5, 0.6) is 0 Å². The summed E-state index contributed by atoms with van der Waals surface area (Å²) in [5.41, 5.74) is 0. The third kappa shape index (κ3) is 3.41. The van der Waals surface area contributed by atoms with Gasteiger partial charge < -0.3 is 10.6 Å². The molecule has 0 aromatic carbocycles. The molecule has 7 nitrogen and oxygen atoms in total. The predicted octanol–water partition coefficient (Wildman–Crippen LogP) is -0.464. The second-order valence-corrected chi connectivity index (χ2v) is 5.30. The Bertz CT molecular complexity index is 512. The predicted molar refractivity (Wildman–Crippen MR) is 67.6 cm³/mol. The van der Waals surface area contributed by atoms with E-state index in [0.29, 0.717) is 5.82 Å². The Morgan fingerprint density at radius 1 is 1.33 bits per heavy atom. The van der Waals surface area contributed by atoms with Crippen LogP contribution in [0.3, 0.4) is 0 Å². The number of carbonyl (C=O) groups is 1. The molecule has 8 heteroatoms. The lowest BCUT2D eigenvalue weighted by Crippen LogP contribution is -2.43. The van der Waals surface area contributed by atoms with Crippen molar-refractivity contribution in [3.8, 4) is 0 Å². The molecule has 3 N–H and O–H groups in total. The van der Waals surface area contributed by atoms with Crippen molar-refractivity contribution in [1.82, 2.24) is 15.0 Å². The smallest absolute Gasteiger partial charge is 0.242 e. The number of aromatic nitrogens is 1. The Balaban J connectivity index is 2.89. The summed E-state index contributed by atoms with van der Waals surface area (Å²) in [7, 11) is -0.617. The zero-order valence-corrected chi connectivity index (χ0v) is 11.2. The average Bonchev–Trinajstić information content (AvgIpc) is 2.37. The molecule has 100 valence electrons. The van der Waals surface area contributed by atoms with Crippen molar-refractivity contribution in [2.45, 2.75) is 17.9 Å². The summed E-state index contributed by atoms with van der Waals surface area (Å²) in [5.74, 6) is 0.159. The van der Waals surface area contributed by atoms with Crippen LogP contribution in [0.1, 0.15) is 6.92 Å². The number of anilines is 1. The van der Waals surface area contributed by atoms with Crippen LogP contribution in [-0.2, 0) is 14.8 Å². The molecule has 0 fully saturated rings. The van der Waals surface area contributed by atoms with Crippen molar-refractivity contribution in [3.05, 3.63) is 18.3 Å². The molecule has 0 radical (unpaired) electrons. The number of carbonyl (C=O) groups excluding carboxylic acids is 1. The number of amides is 1. The minimum Gasteiger partial charge on any atom is -0.373 e. The lowest BCUT2D eigenvalue weighted by molar-refractivity contribution is -0.121. The van der Waals surface area contributed by atoms with Crippen LogP contribution in [0.4, 0.5) is 5.82 Å². The van der Waals surface area contributed by atoms with E-state index in [1.165, 1.54) is 26.2 Å². The first-order valence-corrected chi connectivity index (χ1v) is 6.76. The second-order valence-electron chi connectivity index (χ2n) is 3.59. The second kappa shape index (κ2) is 5.78. The Labute approximate surface area is 106 Å². The molecule has 0 bridgehead atoms. The number of nitrogens with one attached hydrogen (secondary N) is 3. The lowest BCUT2D eigenvalue weighted by atomic mass is 10.3. The number of pyridine rings is 1. The zero-order chi connectivity index (χ0) is 13.8. The summed E-state index contributed by atoms with van der Waals surface area (Å²) in [6, 6.07) is 2.11. The van der Waals surface area contributed by atoms with E-state index in [4.69, 9.17) is 0 Å². The van der Waals surface area contributed by atoms with Crippen LogP contribution in [0.2, 0.25) is 0 Å². The van der Waals surface area contributed by atoms with Gasteiger partial charge in [0.15, 0.2) is 0 Å². The van der Waals surface area contributed by atoms with Crippen LogP contribution >= 0.6 is 0 Å². The zero-order valence-electron chi connectivity index (χ0n) is 10.4. The van der Waals surface area contributed by atoms with E-state index in [0.717, 1.165) is 0 Å². The fourth-order valence-corrected chi connectivity index (χ4v) is 2.41. The van der Waals surface area contributed by atoms with E-state index in [2.05, 4.69) is 20.3 Å². The van der Waals surface area contributed by atoms with Gasteiger partial charge in [0.05, 0.1) is 6.04 Å². The monoisotopic (exact) mass is 272 g/mol. The van der Waals surface area contributed by atoms with Crippen LogP contribution in [-0.4, -0.2) is 39.4 Å². The topological polar surface area (TPSA) is 100 Å². The first-order valence-electron chi connectivity index (χ1n) is 5.28. The molecule has 1 aromatic rings. The van der Waals surface area contributed by atoms with E-state index in [9.17, 15) is 13.2 Å². The minimum atomic E-state index is -3.74. The van der Waals surface area contributed by atoms with Crippen LogP contribution in [0, 0.1) is 0 Å². The molecule has 0 aliphatic carbocycles. The molecular weight excluding hydrogens is 256 g/mol. The van der Waals surface area contributed by atoms with Gasteiger partial charge in [-0.15, -0.1) is 0 Å². The summed E-state index contributed by atoms with van der Waals surface area (Å²) in [6.45, 7) is 1.46. The average molecular weight is 272 g/mol. The number of hydrogen-bond donors (Lipinski definition) is 3. The molecule has 1 amide bonds. The summed E-state index contributed by atoms with van der Waals surface area (Å²) in [6.07, 6.45) is 1.23. The van der Waals surface area contributed by atoms with Crippen molar-refractivity contribution in [1.29, 1.82) is 0 Å². The number of hydrogen-bond acceptors (Lipinski definition) is 5. The molecule has 0 aliphatic heterocycles. The quantitative estimate of drug-likeness (QED) is 0.673. The molecule has 18 heavy (non-hydrogen) atoms. The van der Waals surface area contributed by atoms with Gasteiger partial charge in [0.25, 0.3) is 0 Å². The molecule has 1 heterocycles. The van der Waals surface area contributed by atoms with Gasteiger partial charge in [0.1, 0.15) is 10.7 Å². The van der Waals surface area contributed by atoms with Crippen LogP contribution in [0.25, 0.3) is 0 Å². The largest absolute Gasteiger partial charge is 0.373 e. The van der Waals surface area contributed by atoms with Crippen molar-refractivity contribution < 1.29 is 13.2 Å². The Morgan fingerprint density at radius 2 is 2.00 bits per heavy atom. The van der Waals surface area contributed by atoms with Crippen LogP contribution in [0.15, 0.2) is 23.2 Å². The first-order chi connectivity index (χ1) is 8.40. The highest BCUT2D eigenvalue weighted by Crippen LogP contribution is 2.10. The Morgan fingerprint density at radius 3 is 2.44 bits per heavy atom. The molecular formula is C10H16N4O3S. The first kappa shape index (κ1) is 14.4. The van der Waals surface area contributed by atoms with Crippen molar-refractivity contribution in [2.75, 3.05) is 19.4 Å². The van der Waals surface area contributed by atoms with E-state index < -0.39 is 22.0 Å². The fourth-order valence-electron chi connectivity index (χ4n) is 1.26. The van der Waals surface area contributed by atoms with Crippen molar-refractivity contribution in [3.63, 3.8) is 0 Å². The summed E-state index contributed by atoms with van der Waals surface area (Å²) in [5, 5.41) is 5.15. The van der Waals surface area contributed by atoms with Gasteiger partial charge in [0, 0.05) is 20.3 Å². The third-order valence-electron chi connectivity index (χ3n) is 2.27. The molecule has 0 saturated carbocycles. The molecule has 0 spiro atoms. The molecule has 1 unspecified atom stereocenters. The Kier molecular flexibility index (Phi) is 4.62. The summed E-state index contributed by atoms with van der Waals surface area (Å²) >= 11 is 0. The summed E-state index contributed by atoms with van der Waals surface area (Å²) < 4.78 is 26.1. The Hall–Kier alpha value is -1.67. The third-order valence-corrected chi connectivity index (χ3v) is 3.80. The summed E-state index contributed by atoms with van der Waals surface area (Å²) in [4.78, 5) is 15.2. The van der Waals surface area contributed by atoms with E-state index in [1.807, 2.05) is 0 Å². The molecule has 0 aliphatic rings. The molecule has 1 rings (SSSR count). The van der Waals surface area contributed by atoms with Gasteiger partial charge in [-0.2, -0.15) is 4.72 Å². The van der Waals surface area contributed by atoms with E-state index >= 15 is 0 Å². The normalized spacial score (nSPS) is 12.8. The van der Waals surface area contributed by atoms with Gasteiger partial charge in [-0.25, -0.2) is 13.4 Å². The highest BCUT2D eigenvalue weighted by atomic mass is 32.2. The van der Waals surface area contributed by atoms with E-state index in [-0.39, 0.29) is 4.90 Å². The highest BCUT2D eigenvalue weighted by molar-refractivity contribution is 7.89. The maximum atomic E-state index is 11.9. The molecule has 1 aromatic heterocycles. The van der Waals surface area contributed by atoms with Crippen molar-refractivity contribution >= 4 is 21.7 Å². The number of rotatable bonds is 5.